The normalized spacial score (nSPS) is 12.2. The van der Waals surface area contributed by atoms with Crippen LogP contribution in [0.25, 0.3) is 0 Å². The molecule has 0 aliphatic heterocycles. The summed E-state index contributed by atoms with van der Waals surface area (Å²) in [6.45, 7) is 3.68. The molecule has 0 aromatic heterocycles. The molecule has 2 rings (SSSR count). The molecule has 0 fully saturated rings. The molecule has 0 spiro atoms. The fourth-order valence-electron chi connectivity index (χ4n) is 2.07. The van der Waals surface area contributed by atoms with Crippen LogP contribution in [0.4, 0.5) is 5.69 Å². The first-order valence-corrected chi connectivity index (χ1v) is 9.28. The molecule has 1 unspecified atom stereocenters. The summed E-state index contributed by atoms with van der Waals surface area (Å²) < 4.78 is 27.0. The molecule has 0 radical (unpaired) electrons. The smallest absolute Gasteiger partial charge is 0.255 e. The fraction of sp³-hybridized carbons (Fsp3) is 0.222. The second-order valence-electron chi connectivity index (χ2n) is 5.60. The van der Waals surface area contributed by atoms with Gasteiger partial charge < -0.3 is 5.32 Å². The Bertz CT molecular complexity index is 900. The third-order valence-corrected chi connectivity index (χ3v) is 5.25. The Morgan fingerprint density at radius 1 is 1.20 bits per heavy atom. The molecule has 7 heteroatoms. The maximum Gasteiger partial charge on any atom is 0.255 e. The Hall–Kier alpha value is -2.69. The topological polar surface area (TPSA) is 99.1 Å². The second-order valence-corrected chi connectivity index (χ2v) is 7.32. The number of nitrogens with one attached hydrogen (secondary N) is 2. The number of carbonyl (C=O) groups is 1. The van der Waals surface area contributed by atoms with E-state index in [4.69, 9.17) is 5.26 Å². The molecule has 0 saturated heterocycles. The van der Waals surface area contributed by atoms with Crippen molar-refractivity contribution in [2.75, 3.05) is 5.32 Å². The molecule has 0 bridgehead atoms. The van der Waals surface area contributed by atoms with Gasteiger partial charge in [-0.3, -0.25) is 4.79 Å². The molecular weight excluding hydrogens is 338 g/mol. The first-order valence-electron chi connectivity index (χ1n) is 7.79. The minimum Gasteiger partial charge on any atom is -0.322 e. The highest BCUT2D eigenvalue weighted by molar-refractivity contribution is 7.89. The summed E-state index contributed by atoms with van der Waals surface area (Å²) in [5.74, 6) is -0.381. The van der Waals surface area contributed by atoms with Gasteiger partial charge in [-0.15, -0.1) is 0 Å². The van der Waals surface area contributed by atoms with E-state index in [0.717, 1.165) is 0 Å². The van der Waals surface area contributed by atoms with Gasteiger partial charge in [0.25, 0.3) is 5.91 Å². The van der Waals surface area contributed by atoms with Crippen LogP contribution in [0.2, 0.25) is 0 Å². The zero-order valence-corrected chi connectivity index (χ0v) is 14.8. The molecular formula is C18H19N3O3S. The van der Waals surface area contributed by atoms with Crippen LogP contribution in [0.1, 0.15) is 36.2 Å². The molecule has 0 saturated carbocycles. The van der Waals surface area contributed by atoms with Crippen molar-refractivity contribution in [3.63, 3.8) is 0 Å². The number of anilines is 1. The minimum atomic E-state index is -3.60. The van der Waals surface area contributed by atoms with Crippen molar-refractivity contribution in [3.05, 3.63) is 59.7 Å². The van der Waals surface area contributed by atoms with Crippen LogP contribution in [0.5, 0.6) is 0 Å². The highest BCUT2D eigenvalue weighted by Crippen LogP contribution is 2.15. The number of nitriles is 1. The molecule has 2 aromatic rings. The van der Waals surface area contributed by atoms with E-state index in [1.165, 1.54) is 24.3 Å². The lowest BCUT2D eigenvalue weighted by molar-refractivity contribution is 0.102. The van der Waals surface area contributed by atoms with E-state index in [-0.39, 0.29) is 16.8 Å². The summed E-state index contributed by atoms with van der Waals surface area (Å²) >= 11 is 0. The number of amides is 1. The molecule has 6 nitrogen and oxygen atoms in total. The third-order valence-electron chi connectivity index (χ3n) is 3.65. The van der Waals surface area contributed by atoms with Crippen LogP contribution in [-0.2, 0) is 10.0 Å². The molecule has 2 aromatic carbocycles. The molecule has 0 heterocycles. The van der Waals surface area contributed by atoms with E-state index >= 15 is 0 Å². The Morgan fingerprint density at radius 3 is 2.48 bits per heavy atom. The van der Waals surface area contributed by atoms with Gasteiger partial charge in [0.1, 0.15) is 0 Å². The van der Waals surface area contributed by atoms with Gasteiger partial charge in [0, 0.05) is 17.3 Å². The SMILES string of the molecule is CCC(C)NS(=O)(=O)c1ccc(C(=O)Nc2cccc(C#N)c2)cc1. The van der Waals surface area contributed by atoms with E-state index in [1.807, 2.05) is 13.0 Å². The van der Waals surface area contributed by atoms with Gasteiger partial charge in [0.05, 0.1) is 16.5 Å². The molecule has 0 aliphatic rings. The van der Waals surface area contributed by atoms with Crippen molar-refractivity contribution in [1.29, 1.82) is 5.26 Å². The lowest BCUT2D eigenvalue weighted by Crippen LogP contribution is -2.32. The predicted molar refractivity (Wildman–Crippen MR) is 95.6 cm³/mol. The molecule has 2 N–H and O–H groups in total. The highest BCUT2D eigenvalue weighted by Gasteiger charge is 2.17. The van der Waals surface area contributed by atoms with Crippen LogP contribution in [-0.4, -0.2) is 20.4 Å². The van der Waals surface area contributed by atoms with E-state index in [9.17, 15) is 13.2 Å². The van der Waals surface area contributed by atoms with E-state index in [0.29, 0.717) is 23.2 Å². The zero-order valence-electron chi connectivity index (χ0n) is 14.0. The van der Waals surface area contributed by atoms with Gasteiger partial charge in [-0.2, -0.15) is 5.26 Å². The van der Waals surface area contributed by atoms with Crippen molar-refractivity contribution < 1.29 is 13.2 Å². The molecule has 1 amide bonds. The lowest BCUT2D eigenvalue weighted by atomic mass is 10.2. The van der Waals surface area contributed by atoms with Crippen molar-refractivity contribution in [3.8, 4) is 6.07 Å². The quantitative estimate of drug-likeness (QED) is 0.830. The first kappa shape index (κ1) is 18.6. The minimum absolute atomic E-state index is 0.107. The maximum atomic E-state index is 12.2. The van der Waals surface area contributed by atoms with Crippen molar-refractivity contribution in [2.24, 2.45) is 0 Å². The molecule has 130 valence electrons. The lowest BCUT2D eigenvalue weighted by Gasteiger charge is -2.12. The number of hydrogen-bond acceptors (Lipinski definition) is 4. The van der Waals surface area contributed by atoms with E-state index < -0.39 is 10.0 Å². The zero-order chi connectivity index (χ0) is 18.4. The van der Waals surface area contributed by atoms with E-state index in [2.05, 4.69) is 10.0 Å². The van der Waals surface area contributed by atoms with Crippen LogP contribution in [0.3, 0.4) is 0 Å². The van der Waals surface area contributed by atoms with Crippen LogP contribution >= 0.6 is 0 Å². The largest absolute Gasteiger partial charge is 0.322 e. The summed E-state index contributed by atoms with van der Waals surface area (Å²) in [4.78, 5) is 12.3. The summed E-state index contributed by atoms with van der Waals surface area (Å²) in [6.07, 6.45) is 0.682. The number of nitrogens with zero attached hydrogens (tertiary/aromatic N) is 1. The Balaban J connectivity index is 2.14. The van der Waals surface area contributed by atoms with Gasteiger partial charge in [0.2, 0.25) is 10.0 Å². The van der Waals surface area contributed by atoms with Crippen molar-refractivity contribution >= 4 is 21.6 Å². The van der Waals surface area contributed by atoms with Crippen LogP contribution < -0.4 is 10.0 Å². The average Bonchev–Trinajstić information content (AvgIpc) is 2.61. The van der Waals surface area contributed by atoms with Crippen LogP contribution in [0, 0.1) is 11.3 Å². The van der Waals surface area contributed by atoms with Crippen molar-refractivity contribution in [1.82, 2.24) is 4.72 Å². The number of hydrogen-bond donors (Lipinski definition) is 2. The summed E-state index contributed by atoms with van der Waals surface area (Å²) in [7, 11) is -3.60. The maximum absolute atomic E-state index is 12.2. The standard InChI is InChI=1S/C18H19N3O3S/c1-3-13(2)21-25(23,24)17-9-7-15(8-10-17)18(22)20-16-6-4-5-14(11-16)12-19/h4-11,13,21H,3H2,1-2H3,(H,20,22). The van der Waals surface area contributed by atoms with Gasteiger partial charge in [-0.05, 0) is 55.8 Å². The first-order chi connectivity index (χ1) is 11.9. The molecule has 0 aliphatic carbocycles. The van der Waals surface area contributed by atoms with Gasteiger partial charge in [-0.1, -0.05) is 13.0 Å². The molecule has 25 heavy (non-hydrogen) atoms. The second kappa shape index (κ2) is 7.92. The highest BCUT2D eigenvalue weighted by atomic mass is 32.2. The van der Waals surface area contributed by atoms with Gasteiger partial charge in [-0.25, -0.2) is 13.1 Å². The summed E-state index contributed by atoms with van der Waals surface area (Å²) in [5.41, 5.74) is 1.26. The number of rotatable bonds is 6. The average molecular weight is 357 g/mol. The Kier molecular flexibility index (Phi) is 5.91. The summed E-state index contributed by atoms with van der Waals surface area (Å²) in [5, 5.41) is 11.6. The van der Waals surface area contributed by atoms with Gasteiger partial charge >= 0.3 is 0 Å². The number of benzene rings is 2. The molecule has 1 atom stereocenters. The monoisotopic (exact) mass is 357 g/mol. The number of carbonyl (C=O) groups excluding carboxylic acids is 1. The van der Waals surface area contributed by atoms with Gasteiger partial charge in [0.15, 0.2) is 0 Å². The Morgan fingerprint density at radius 2 is 1.88 bits per heavy atom. The Labute approximate surface area is 147 Å². The fourth-order valence-corrected chi connectivity index (χ4v) is 3.40. The van der Waals surface area contributed by atoms with Crippen molar-refractivity contribution in [2.45, 2.75) is 31.2 Å². The number of sulfonamides is 1. The predicted octanol–water partition coefficient (Wildman–Crippen LogP) is 2.89. The summed E-state index contributed by atoms with van der Waals surface area (Å²) in [6, 6.07) is 14.1. The van der Waals surface area contributed by atoms with E-state index in [1.54, 1.807) is 31.2 Å². The third kappa shape index (κ3) is 4.89. The van der Waals surface area contributed by atoms with Crippen LogP contribution in [0.15, 0.2) is 53.4 Å².